The number of ether oxygens (including phenoxy) is 1. The predicted molar refractivity (Wildman–Crippen MR) is 97.7 cm³/mol. The Labute approximate surface area is 149 Å². The zero-order valence-electron chi connectivity index (χ0n) is 15.0. The summed E-state index contributed by atoms with van der Waals surface area (Å²) in [5.74, 6) is -0.172. The number of carbonyl (C=O) groups is 1. The number of benzene rings is 1. The first kappa shape index (κ1) is 19.5. The molecule has 0 bridgehead atoms. The molecule has 0 saturated carbocycles. The Hall–Kier alpha value is -1.80. The zero-order chi connectivity index (χ0) is 18.6. The largest absolute Gasteiger partial charge is 0.496 e. The van der Waals surface area contributed by atoms with E-state index in [1.54, 1.807) is 0 Å². The first-order valence-electron chi connectivity index (χ1n) is 8.56. The zero-order valence-corrected chi connectivity index (χ0v) is 15.9. The van der Waals surface area contributed by atoms with Crippen LogP contribution in [0.15, 0.2) is 17.0 Å². The average molecular weight is 369 g/mol. The van der Waals surface area contributed by atoms with Crippen molar-refractivity contribution in [1.29, 1.82) is 0 Å². The van der Waals surface area contributed by atoms with E-state index >= 15 is 0 Å². The molecule has 0 spiro atoms. The fourth-order valence-corrected chi connectivity index (χ4v) is 4.22. The highest BCUT2D eigenvalue weighted by molar-refractivity contribution is 7.91. The van der Waals surface area contributed by atoms with Gasteiger partial charge in [0.25, 0.3) is 5.91 Å². The third-order valence-corrected chi connectivity index (χ3v) is 6.48. The lowest BCUT2D eigenvalue weighted by Crippen LogP contribution is -2.40. The van der Waals surface area contributed by atoms with Crippen LogP contribution in [0.2, 0.25) is 0 Å². The van der Waals surface area contributed by atoms with Gasteiger partial charge in [0.1, 0.15) is 5.75 Å². The van der Waals surface area contributed by atoms with Gasteiger partial charge in [-0.1, -0.05) is 13.8 Å². The highest BCUT2D eigenvalue weighted by Gasteiger charge is 2.25. The lowest BCUT2D eigenvalue weighted by Gasteiger charge is -2.23. The minimum absolute atomic E-state index is 0.0306. The van der Waals surface area contributed by atoms with Crippen molar-refractivity contribution in [3.63, 3.8) is 0 Å². The Bertz CT molecular complexity index is 734. The molecule has 1 heterocycles. The number of rotatable bonds is 7. The van der Waals surface area contributed by atoms with E-state index in [2.05, 4.69) is 17.1 Å². The molecule has 2 rings (SSSR count). The van der Waals surface area contributed by atoms with E-state index in [1.165, 1.54) is 26.2 Å². The standard InChI is InChI=1S/C17H27N3O4S/c1-4-20-8-6-7-12(20)11-19-17(21)13-9-16(25(22,23)5-2)14(18)10-15(13)24-3/h9-10,12H,4-8,11,18H2,1-3H3,(H,19,21)/t12-/m0/s1. The molecule has 1 aliphatic heterocycles. The molecule has 1 atom stereocenters. The van der Waals surface area contributed by atoms with E-state index in [9.17, 15) is 13.2 Å². The highest BCUT2D eigenvalue weighted by Crippen LogP contribution is 2.29. The molecule has 140 valence electrons. The van der Waals surface area contributed by atoms with Gasteiger partial charge in [0.2, 0.25) is 0 Å². The number of nitrogens with two attached hydrogens (primary N) is 1. The van der Waals surface area contributed by atoms with Gasteiger partial charge in [-0.3, -0.25) is 9.69 Å². The summed E-state index contributed by atoms with van der Waals surface area (Å²) in [5, 5.41) is 2.90. The summed E-state index contributed by atoms with van der Waals surface area (Å²) in [6, 6.07) is 3.02. The van der Waals surface area contributed by atoms with Crippen molar-refractivity contribution in [2.24, 2.45) is 0 Å². The number of likely N-dealkylation sites (tertiary alicyclic amines) is 1. The fraction of sp³-hybridized carbons (Fsp3) is 0.588. The lowest BCUT2D eigenvalue weighted by atomic mass is 10.1. The molecule has 25 heavy (non-hydrogen) atoms. The number of carbonyl (C=O) groups excluding carboxylic acids is 1. The second-order valence-electron chi connectivity index (χ2n) is 6.13. The predicted octanol–water partition coefficient (Wildman–Crippen LogP) is 1.29. The summed E-state index contributed by atoms with van der Waals surface area (Å²) in [6.07, 6.45) is 2.17. The Morgan fingerprint density at radius 3 is 2.72 bits per heavy atom. The molecule has 0 radical (unpaired) electrons. The van der Waals surface area contributed by atoms with Gasteiger partial charge in [0, 0.05) is 18.7 Å². The van der Waals surface area contributed by atoms with Crippen LogP contribution >= 0.6 is 0 Å². The number of nitrogens with one attached hydrogen (secondary N) is 1. The van der Waals surface area contributed by atoms with Gasteiger partial charge in [0.05, 0.1) is 29.0 Å². The Morgan fingerprint density at radius 2 is 2.12 bits per heavy atom. The number of methoxy groups -OCH3 is 1. The molecule has 1 aromatic rings. The smallest absolute Gasteiger partial charge is 0.255 e. The Morgan fingerprint density at radius 1 is 1.40 bits per heavy atom. The molecule has 8 heteroatoms. The maximum atomic E-state index is 12.6. The molecule has 1 saturated heterocycles. The van der Waals surface area contributed by atoms with Crippen molar-refractivity contribution in [2.75, 3.05) is 38.2 Å². The van der Waals surface area contributed by atoms with Crippen LogP contribution in [0, 0.1) is 0 Å². The average Bonchev–Trinajstić information content (AvgIpc) is 3.06. The molecular weight excluding hydrogens is 342 g/mol. The summed E-state index contributed by atoms with van der Waals surface area (Å²) in [7, 11) is -2.10. The normalized spacial score (nSPS) is 18.3. The lowest BCUT2D eigenvalue weighted by molar-refractivity contribution is 0.0938. The second-order valence-corrected chi connectivity index (χ2v) is 8.38. The maximum absolute atomic E-state index is 12.6. The maximum Gasteiger partial charge on any atom is 0.255 e. The van der Waals surface area contributed by atoms with Gasteiger partial charge in [-0.2, -0.15) is 0 Å². The van der Waals surface area contributed by atoms with E-state index in [-0.39, 0.29) is 33.6 Å². The second kappa shape index (κ2) is 8.05. The summed E-state index contributed by atoms with van der Waals surface area (Å²) >= 11 is 0. The van der Waals surface area contributed by atoms with Crippen LogP contribution in [-0.2, 0) is 9.84 Å². The van der Waals surface area contributed by atoms with Gasteiger partial charge < -0.3 is 15.8 Å². The molecule has 1 aromatic carbocycles. The number of likely N-dealkylation sites (N-methyl/N-ethyl adjacent to an activating group) is 1. The van der Waals surface area contributed by atoms with Gasteiger partial charge in [-0.25, -0.2) is 8.42 Å². The van der Waals surface area contributed by atoms with E-state index in [0.717, 1.165) is 25.9 Å². The highest BCUT2D eigenvalue weighted by atomic mass is 32.2. The van der Waals surface area contributed by atoms with Crippen molar-refractivity contribution >= 4 is 21.4 Å². The number of hydrogen-bond acceptors (Lipinski definition) is 6. The first-order chi connectivity index (χ1) is 11.8. The number of anilines is 1. The van der Waals surface area contributed by atoms with Crippen molar-refractivity contribution in [2.45, 2.75) is 37.6 Å². The van der Waals surface area contributed by atoms with Crippen molar-refractivity contribution in [3.05, 3.63) is 17.7 Å². The fourth-order valence-electron chi connectivity index (χ4n) is 3.20. The van der Waals surface area contributed by atoms with Gasteiger partial charge in [-0.15, -0.1) is 0 Å². The SMILES string of the molecule is CCN1CCC[C@H]1CNC(=O)c1cc(S(=O)(=O)CC)c(N)cc1OC. The van der Waals surface area contributed by atoms with Crippen LogP contribution in [-0.4, -0.2) is 57.8 Å². The van der Waals surface area contributed by atoms with Crippen LogP contribution in [0.5, 0.6) is 5.75 Å². The van der Waals surface area contributed by atoms with Crippen molar-refractivity contribution in [3.8, 4) is 5.75 Å². The van der Waals surface area contributed by atoms with Gasteiger partial charge in [-0.05, 0) is 32.0 Å². The van der Waals surface area contributed by atoms with E-state index in [0.29, 0.717) is 12.6 Å². The minimum Gasteiger partial charge on any atom is -0.496 e. The number of nitrogens with zero attached hydrogens (tertiary/aromatic N) is 1. The van der Waals surface area contributed by atoms with E-state index in [1.807, 2.05) is 0 Å². The number of nitrogen functional groups attached to an aromatic ring is 1. The van der Waals surface area contributed by atoms with Crippen LogP contribution in [0.3, 0.4) is 0 Å². The topological polar surface area (TPSA) is 102 Å². The summed E-state index contributed by atoms with van der Waals surface area (Å²) in [4.78, 5) is 14.9. The molecule has 3 N–H and O–H groups in total. The molecular formula is C17H27N3O4S. The molecule has 1 fully saturated rings. The first-order valence-corrected chi connectivity index (χ1v) is 10.2. The Kier molecular flexibility index (Phi) is 6.29. The number of hydrogen-bond donors (Lipinski definition) is 2. The van der Waals surface area contributed by atoms with E-state index < -0.39 is 9.84 Å². The molecule has 1 amide bonds. The van der Waals surface area contributed by atoms with Crippen LogP contribution in [0.25, 0.3) is 0 Å². The number of amides is 1. The van der Waals surface area contributed by atoms with Crippen molar-refractivity contribution in [1.82, 2.24) is 10.2 Å². The quantitative estimate of drug-likeness (QED) is 0.702. The third kappa shape index (κ3) is 4.24. The van der Waals surface area contributed by atoms with Gasteiger partial charge in [0.15, 0.2) is 9.84 Å². The Balaban J connectivity index is 2.24. The summed E-state index contributed by atoms with van der Waals surface area (Å²) in [6.45, 7) is 6.16. The minimum atomic E-state index is -3.52. The van der Waals surface area contributed by atoms with Crippen LogP contribution in [0.1, 0.15) is 37.0 Å². The van der Waals surface area contributed by atoms with Crippen LogP contribution in [0.4, 0.5) is 5.69 Å². The monoisotopic (exact) mass is 369 g/mol. The molecule has 0 aromatic heterocycles. The van der Waals surface area contributed by atoms with E-state index in [4.69, 9.17) is 10.5 Å². The van der Waals surface area contributed by atoms with Gasteiger partial charge >= 0.3 is 0 Å². The van der Waals surface area contributed by atoms with Crippen molar-refractivity contribution < 1.29 is 17.9 Å². The molecule has 1 aliphatic rings. The molecule has 7 nitrogen and oxygen atoms in total. The molecule has 0 unspecified atom stereocenters. The summed E-state index contributed by atoms with van der Waals surface area (Å²) in [5.41, 5.74) is 6.11. The third-order valence-electron chi connectivity index (χ3n) is 4.70. The summed E-state index contributed by atoms with van der Waals surface area (Å²) < 4.78 is 29.6. The number of sulfone groups is 1. The molecule has 0 aliphatic carbocycles. The van der Waals surface area contributed by atoms with Crippen LogP contribution < -0.4 is 15.8 Å².